The molecule has 0 bridgehead atoms. The second-order valence-corrected chi connectivity index (χ2v) is 8.61. The lowest BCUT2D eigenvalue weighted by Crippen LogP contribution is -2.17. The van der Waals surface area contributed by atoms with Crippen LogP contribution in [0.25, 0.3) is 0 Å². The van der Waals surface area contributed by atoms with E-state index in [-0.39, 0.29) is 17.1 Å². The standard InChI is InChI=1S/C22H16Br2N4O8/c1-34-19-5-3-12(8-20(19)35-2)22(29)26-25-11-13-7-14(23)9-16(24)21(13)36-18-6-4-15(27(30)31)10-17(18)28(32)33/h3-11H,1-2H3,(H,26,29)/b25-11+. The number of hydrazone groups is 1. The highest BCUT2D eigenvalue weighted by Crippen LogP contribution is 2.40. The van der Waals surface area contributed by atoms with Crippen molar-refractivity contribution in [1.29, 1.82) is 0 Å². The quantitative estimate of drug-likeness (QED) is 0.183. The summed E-state index contributed by atoms with van der Waals surface area (Å²) < 4.78 is 17.1. The molecule has 0 unspecified atom stereocenters. The van der Waals surface area contributed by atoms with E-state index < -0.39 is 27.1 Å². The van der Waals surface area contributed by atoms with Crippen molar-refractivity contribution in [3.63, 3.8) is 0 Å². The van der Waals surface area contributed by atoms with Gasteiger partial charge in [-0.1, -0.05) is 15.9 Å². The Hall–Kier alpha value is -4.04. The summed E-state index contributed by atoms with van der Waals surface area (Å²) >= 11 is 6.67. The first-order valence-electron chi connectivity index (χ1n) is 9.79. The van der Waals surface area contributed by atoms with Gasteiger partial charge in [0.25, 0.3) is 11.6 Å². The molecule has 3 aromatic carbocycles. The molecule has 0 aliphatic rings. The fraction of sp³-hybridized carbons (Fsp3) is 0.0909. The van der Waals surface area contributed by atoms with Crippen LogP contribution in [-0.4, -0.2) is 36.2 Å². The van der Waals surface area contributed by atoms with Crippen LogP contribution in [0.4, 0.5) is 11.4 Å². The van der Waals surface area contributed by atoms with Crippen LogP contribution in [0.3, 0.4) is 0 Å². The molecule has 0 heterocycles. The number of nitro benzene ring substituents is 2. The third-order valence-electron chi connectivity index (χ3n) is 4.61. The van der Waals surface area contributed by atoms with E-state index in [1.54, 1.807) is 18.2 Å². The molecule has 0 spiro atoms. The van der Waals surface area contributed by atoms with Crippen molar-refractivity contribution >= 4 is 55.4 Å². The number of hydrogen-bond acceptors (Lipinski definition) is 9. The normalized spacial score (nSPS) is 10.7. The van der Waals surface area contributed by atoms with Crippen LogP contribution in [0, 0.1) is 20.2 Å². The minimum Gasteiger partial charge on any atom is -0.493 e. The molecule has 3 rings (SSSR count). The molecule has 1 N–H and O–H groups in total. The maximum atomic E-state index is 12.5. The van der Waals surface area contributed by atoms with Crippen LogP contribution in [0.1, 0.15) is 15.9 Å². The van der Waals surface area contributed by atoms with E-state index in [1.165, 1.54) is 32.6 Å². The molecule has 36 heavy (non-hydrogen) atoms. The molecular formula is C22H16Br2N4O8. The van der Waals surface area contributed by atoms with Gasteiger partial charge in [-0.05, 0) is 52.3 Å². The monoisotopic (exact) mass is 622 g/mol. The number of hydrogen-bond donors (Lipinski definition) is 1. The van der Waals surface area contributed by atoms with Crippen LogP contribution in [0.15, 0.2) is 62.6 Å². The van der Waals surface area contributed by atoms with E-state index in [2.05, 4.69) is 42.4 Å². The fourth-order valence-corrected chi connectivity index (χ4v) is 4.28. The Morgan fingerprint density at radius 1 is 0.944 bits per heavy atom. The van der Waals surface area contributed by atoms with Gasteiger partial charge in [0.2, 0.25) is 5.75 Å². The van der Waals surface area contributed by atoms with Crippen molar-refractivity contribution in [2.24, 2.45) is 5.10 Å². The Kier molecular flexibility index (Phi) is 8.55. The van der Waals surface area contributed by atoms with Gasteiger partial charge in [-0.2, -0.15) is 5.10 Å². The summed E-state index contributed by atoms with van der Waals surface area (Å²) in [7, 11) is 2.92. The lowest BCUT2D eigenvalue weighted by Gasteiger charge is -2.12. The summed E-state index contributed by atoms with van der Waals surface area (Å²) in [4.78, 5) is 33.5. The van der Waals surface area contributed by atoms with E-state index in [0.29, 0.717) is 26.0 Å². The molecule has 1 amide bonds. The van der Waals surface area contributed by atoms with Crippen LogP contribution < -0.4 is 19.6 Å². The third-order valence-corrected chi connectivity index (χ3v) is 5.66. The Morgan fingerprint density at radius 2 is 1.64 bits per heavy atom. The molecule has 14 heteroatoms. The van der Waals surface area contributed by atoms with Gasteiger partial charge in [-0.15, -0.1) is 0 Å². The molecule has 0 fully saturated rings. The zero-order chi connectivity index (χ0) is 26.4. The van der Waals surface area contributed by atoms with Crippen LogP contribution >= 0.6 is 31.9 Å². The smallest absolute Gasteiger partial charge is 0.318 e. The maximum Gasteiger partial charge on any atom is 0.318 e. The highest BCUT2D eigenvalue weighted by atomic mass is 79.9. The average Bonchev–Trinajstić information content (AvgIpc) is 2.85. The number of carbonyl (C=O) groups excluding carboxylic acids is 1. The van der Waals surface area contributed by atoms with E-state index in [1.807, 2.05) is 0 Å². The van der Waals surface area contributed by atoms with Gasteiger partial charge in [-0.3, -0.25) is 25.0 Å². The lowest BCUT2D eigenvalue weighted by atomic mass is 10.2. The minimum atomic E-state index is -0.786. The molecule has 0 atom stereocenters. The molecule has 0 saturated carbocycles. The second kappa shape index (κ2) is 11.6. The molecule has 0 aliphatic heterocycles. The predicted molar refractivity (Wildman–Crippen MR) is 136 cm³/mol. The molecule has 0 saturated heterocycles. The first-order chi connectivity index (χ1) is 17.1. The van der Waals surface area contributed by atoms with Gasteiger partial charge < -0.3 is 14.2 Å². The van der Waals surface area contributed by atoms with Gasteiger partial charge in [0.05, 0.1) is 40.8 Å². The number of amides is 1. The topological polar surface area (TPSA) is 155 Å². The van der Waals surface area contributed by atoms with Crippen molar-refractivity contribution in [1.82, 2.24) is 5.43 Å². The molecule has 12 nitrogen and oxygen atoms in total. The summed E-state index contributed by atoms with van der Waals surface area (Å²) in [5, 5.41) is 26.4. The Labute approximate surface area is 220 Å². The summed E-state index contributed by atoms with van der Waals surface area (Å²) in [6.07, 6.45) is 1.28. The summed E-state index contributed by atoms with van der Waals surface area (Å²) in [5.74, 6) is 0.190. The number of nitrogens with zero attached hydrogens (tertiary/aromatic N) is 3. The number of nitro groups is 2. The number of rotatable bonds is 9. The third kappa shape index (κ3) is 6.14. The van der Waals surface area contributed by atoms with Crippen molar-refractivity contribution in [2.75, 3.05) is 14.2 Å². The molecule has 3 aromatic rings. The minimum absolute atomic E-state index is 0.124. The van der Waals surface area contributed by atoms with E-state index in [0.717, 1.165) is 18.2 Å². The zero-order valence-electron chi connectivity index (χ0n) is 18.6. The summed E-state index contributed by atoms with van der Waals surface area (Å²) in [6.45, 7) is 0. The zero-order valence-corrected chi connectivity index (χ0v) is 21.7. The molecular weight excluding hydrogens is 608 g/mol. The van der Waals surface area contributed by atoms with Crippen molar-refractivity contribution < 1.29 is 28.9 Å². The number of carbonyl (C=O) groups is 1. The van der Waals surface area contributed by atoms with Gasteiger partial charge in [0.1, 0.15) is 0 Å². The Morgan fingerprint density at radius 3 is 2.28 bits per heavy atom. The SMILES string of the molecule is COc1ccc(C(=O)N/N=C/c2cc(Br)cc(Br)c2Oc2ccc([N+](=O)[O-])cc2[N+](=O)[O-])cc1OC. The maximum absolute atomic E-state index is 12.5. The van der Waals surface area contributed by atoms with E-state index in [4.69, 9.17) is 14.2 Å². The van der Waals surface area contributed by atoms with E-state index >= 15 is 0 Å². The second-order valence-electron chi connectivity index (χ2n) is 6.84. The van der Waals surface area contributed by atoms with Crippen molar-refractivity contribution in [2.45, 2.75) is 0 Å². The highest BCUT2D eigenvalue weighted by molar-refractivity contribution is 9.11. The number of benzene rings is 3. The van der Waals surface area contributed by atoms with Gasteiger partial charge >= 0.3 is 5.69 Å². The first-order valence-corrected chi connectivity index (χ1v) is 11.4. The molecule has 0 aromatic heterocycles. The molecule has 0 aliphatic carbocycles. The van der Waals surface area contributed by atoms with Crippen LogP contribution in [0.2, 0.25) is 0 Å². The van der Waals surface area contributed by atoms with Crippen LogP contribution in [0.5, 0.6) is 23.0 Å². The fourth-order valence-electron chi connectivity index (χ4n) is 2.94. The number of ether oxygens (including phenoxy) is 3. The van der Waals surface area contributed by atoms with Crippen molar-refractivity contribution in [3.8, 4) is 23.0 Å². The Bertz CT molecular complexity index is 1380. The summed E-state index contributed by atoms with van der Waals surface area (Å²) in [6, 6.07) is 10.9. The highest BCUT2D eigenvalue weighted by Gasteiger charge is 2.23. The number of nitrogens with one attached hydrogen (secondary N) is 1. The molecule has 0 radical (unpaired) electrons. The van der Waals surface area contributed by atoms with Gasteiger partial charge in [0, 0.05) is 21.7 Å². The largest absolute Gasteiger partial charge is 0.493 e. The average molecular weight is 624 g/mol. The Balaban J connectivity index is 1.89. The van der Waals surface area contributed by atoms with Crippen LogP contribution in [-0.2, 0) is 0 Å². The number of methoxy groups -OCH3 is 2. The summed E-state index contributed by atoms with van der Waals surface area (Å²) in [5.41, 5.74) is 1.92. The number of non-ortho nitro benzene ring substituents is 1. The first kappa shape index (κ1) is 26.6. The lowest BCUT2D eigenvalue weighted by molar-refractivity contribution is -0.394. The van der Waals surface area contributed by atoms with Gasteiger partial charge in [0.15, 0.2) is 17.2 Å². The van der Waals surface area contributed by atoms with Gasteiger partial charge in [-0.25, -0.2) is 5.43 Å². The molecule has 186 valence electrons. The number of halogens is 2. The predicted octanol–water partition coefficient (Wildman–Crippen LogP) is 5.60. The van der Waals surface area contributed by atoms with E-state index in [9.17, 15) is 25.0 Å². The van der Waals surface area contributed by atoms with Crippen molar-refractivity contribution in [3.05, 3.63) is 88.8 Å².